The van der Waals surface area contributed by atoms with Gasteiger partial charge in [0.05, 0.1) is 0 Å². The number of thiophene rings is 1. The maximum atomic E-state index is 3.63. The van der Waals surface area contributed by atoms with Gasteiger partial charge in [-0.1, -0.05) is 13.8 Å². The molecule has 1 aromatic rings. The van der Waals surface area contributed by atoms with E-state index in [2.05, 4.69) is 65.5 Å². The summed E-state index contributed by atoms with van der Waals surface area (Å²) in [6.07, 6.45) is 0. The summed E-state index contributed by atoms with van der Waals surface area (Å²) in [5.41, 5.74) is 0. The van der Waals surface area contributed by atoms with E-state index >= 15 is 0 Å². The number of nitrogens with one attached hydrogen (secondary N) is 1. The van der Waals surface area contributed by atoms with Gasteiger partial charge >= 0.3 is 0 Å². The van der Waals surface area contributed by atoms with E-state index in [4.69, 9.17) is 0 Å². The van der Waals surface area contributed by atoms with E-state index in [1.54, 1.807) is 11.3 Å². The Morgan fingerprint density at radius 2 is 2.12 bits per heavy atom. The van der Waals surface area contributed by atoms with Crippen LogP contribution in [-0.4, -0.2) is 31.6 Å². The predicted octanol–water partition coefficient (Wildman–Crippen LogP) is 3.19. The molecule has 0 saturated heterocycles. The Balaban J connectivity index is 2.43. The topological polar surface area (TPSA) is 15.3 Å². The van der Waals surface area contributed by atoms with Crippen LogP contribution in [0.3, 0.4) is 0 Å². The normalized spacial score (nSPS) is 13.7. The van der Waals surface area contributed by atoms with Gasteiger partial charge in [0.25, 0.3) is 0 Å². The van der Waals surface area contributed by atoms with Crippen molar-refractivity contribution in [2.45, 2.75) is 26.4 Å². The Morgan fingerprint density at radius 3 is 2.56 bits per heavy atom. The maximum absolute atomic E-state index is 3.63. The van der Waals surface area contributed by atoms with Crippen molar-refractivity contribution in [2.75, 3.05) is 20.6 Å². The molecule has 0 aliphatic rings. The highest BCUT2D eigenvalue weighted by atomic mass is 79.9. The van der Waals surface area contributed by atoms with Crippen LogP contribution in [0.15, 0.2) is 15.9 Å². The smallest absolute Gasteiger partial charge is 0.0303 e. The third-order valence-electron chi connectivity index (χ3n) is 2.53. The molecule has 0 radical (unpaired) electrons. The van der Waals surface area contributed by atoms with Gasteiger partial charge in [-0.2, -0.15) is 0 Å². The minimum absolute atomic E-state index is 0.552. The van der Waals surface area contributed by atoms with E-state index in [0.717, 1.165) is 13.1 Å². The first-order valence-electron chi connectivity index (χ1n) is 5.60. The molecule has 1 N–H and O–H groups in total. The average molecular weight is 305 g/mol. The molecule has 1 rings (SSSR count). The third-order valence-corrected chi connectivity index (χ3v) is 4.22. The van der Waals surface area contributed by atoms with Crippen LogP contribution in [0.1, 0.15) is 18.7 Å². The minimum atomic E-state index is 0.552. The van der Waals surface area contributed by atoms with Gasteiger partial charge in [-0.25, -0.2) is 0 Å². The van der Waals surface area contributed by atoms with Crippen molar-refractivity contribution in [3.05, 3.63) is 20.8 Å². The maximum Gasteiger partial charge on any atom is 0.0303 e. The summed E-state index contributed by atoms with van der Waals surface area (Å²) in [7, 11) is 4.25. The first kappa shape index (κ1) is 14.2. The lowest BCUT2D eigenvalue weighted by atomic mass is 10.0. The van der Waals surface area contributed by atoms with E-state index in [-0.39, 0.29) is 0 Å². The highest BCUT2D eigenvalue weighted by Crippen LogP contribution is 2.19. The van der Waals surface area contributed by atoms with E-state index in [9.17, 15) is 0 Å². The van der Waals surface area contributed by atoms with Crippen LogP contribution in [0.4, 0.5) is 0 Å². The lowest BCUT2D eigenvalue weighted by molar-refractivity contribution is 0.288. The fourth-order valence-corrected chi connectivity index (χ4v) is 2.98. The van der Waals surface area contributed by atoms with Crippen molar-refractivity contribution in [3.8, 4) is 0 Å². The van der Waals surface area contributed by atoms with E-state index < -0.39 is 0 Å². The second-order valence-electron chi connectivity index (χ2n) is 4.72. The minimum Gasteiger partial charge on any atom is -0.308 e. The van der Waals surface area contributed by atoms with Crippen LogP contribution in [0, 0.1) is 5.92 Å². The molecule has 0 amide bonds. The van der Waals surface area contributed by atoms with E-state index in [0.29, 0.717) is 12.0 Å². The number of rotatable bonds is 6. The van der Waals surface area contributed by atoms with Crippen LogP contribution in [-0.2, 0) is 6.54 Å². The molecule has 0 bridgehead atoms. The average Bonchev–Trinajstić information content (AvgIpc) is 2.58. The molecule has 92 valence electrons. The van der Waals surface area contributed by atoms with Crippen molar-refractivity contribution in [1.82, 2.24) is 10.2 Å². The van der Waals surface area contributed by atoms with Gasteiger partial charge in [0, 0.05) is 33.9 Å². The molecule has 1 atom stereocenters. The summed E-state index contributed by atoms with van der Waals surface area (Å²) < 4.78 is 1.18. The summed E-state index contributed by atoms with van der Waals surface area (Å²) in [5, 5.41) is 5.76. The number of likely N-dealkylation sites (N-methyl/N-ethyl adjacent to an activating group) is 1. The largest absolute Gasteiger partial charge is 0.308 e. The number of hydrogen-bond donors (Lipinski definition) is 1. The molecular formula is C12H21BrN2S. The quantitative estimate of drug-likeness (QED) is 0.868. The first-order chi connectivity index (χ1) is 7.49. The van der Waals surface area contributed by atoms with E-state index in [1.807, 2.05) is 0 Å². The van der Waals surface area contributed by atoms with Gasteiger partial charge in [-0.05, 0) is 42.0 Å². The van der Waals surface area contributed by atoms with Crippen LogP contribution in [0.5, 0.6) is 0 Å². The zero-order chi connectivity index (χ0) is 12.1. The predicted molar refractivity (Wildman–Crippen MR) is 76.0 cm³/mol. The van der Waals surface area contributed by atoms with Gasteiger partial charge < -0.3 is 10.2 Å². The lowest BCUT2D eigenvalue weighted by Crippen LogP contribution is -2.41. The first-order valence-corrected chi connectivity index (χ1v) is 7.27. The summed E-state index contributed by atoms with van der Waals surface area (Å²) in [6, 6.07) is 2.74. The molecule has 0 aliphatic heterocycles. The summed E-state index contributed by atoms with van der Waals surface area (Å²) in [6.45, 7) is 6.59. The molecule has 4 heteroatoms. The molecule has 2 nitrogen and oxygen atoms in total. The fourth-order valence-electron chi connectivity index (χ4n) is 1.58. The Labute approximate surface area is 111 Å². The monoisotopic (exact) mass is 304 g/mol. The molecule has 16 heavy (non-hydrogen) atoms. The van der Waals surface area contributed by atoms with Crippen molar-refractivity contribution < 1.29 is 0 Å². The number of nitrogens with zero attached hydrogens (tertiary/aromatic N) is 1. The second-order valence-corrected chi connectivity index (χ2v) is 6.64. The van der Waals surface area contributed by atoms with Crippen molar-refractivity contribution in [2.24, 2.45) is 5.92 Å². The highest BCUT2D eigenvalue weighted by Gasteiger charge is 2.13. The molecular weight excluding hydrogens is 284 g/mol. The third kappa shape index (κ3) is 4.95. The Kier molecular flexibility index (Phi) is 5.97. The lowest BCUT2D eigenvalue weighted by Gasteiger charge is -2.25. The Hall–Kier alpha value is 0.1000. The van der Waals surface area contributed by atoms with Crippen LogP contribution < -0.4 is 5.32 Å². The van der Waals surface area contributed by atoms with E-state index in [1.165, 1.54) is 9.35 Å². The van der Waals surface area contributed by atoms with Crippen LogP contribution in [0.25, 0.3) is 0 Å². The van der Waals surface area contributed by atoms with Crippen molar-refractivity contribution in [3.63, 3.8) is 0 Å². The standard InChI is InChI=1S/C12H21BrN2S/c1-9(2)12(7-15(3)4)14-6-11-5-10(13)8-16-11/h5,8-9,12,14H,6-7H2,1-4H3. The second kappa shape index (κ2) is 6.74. The molecule has 0 aromatic carbocycles. The molecule has 0 saturated carbocycles. The van der Waals surface area contributed by atoms with Gasteiger partial charge in [0.2, 0.25) is 0 Å². The molecule has 1 aromatic heterocycles. The van der Waals surface area contributed by atoms with Crippen molar-refractivity contribution in [1.29, 1.82) is 0 Å². The molecule has 0 spiro atoms. The highest BCUT2D eigenvalue weighted by molar-refractivity contribution is 9.10. The van der Waals surface area contributed by atoms with Gasteiger partial charge in [-0.15, -0.1) is 11.3 Å². The van der Waals surface area contributed by atoms with Gasteiger partial charge in [0.15, 0.2) is 0 Å². The van der Waals surface area contributed by atoms with Crippen LogP contribution in [0.2, 0.25) is 0 Å². The molecule has 0 aliphatic carbocycles. The van der Waals surface area contributed by atoms with Gasteiger partial charge in [-0.3, -0.25) is 0 Å². The summed E-state index contributed by atoms with van der Waals surface area (Å²) >= 11 is 5.28. The Bertz CT molecular complexity index is 310. The Morgan fingerprint density at radius 1 is 1.44 bits per heavy atom. The SMILES string of the molecule is CC(C)C(CN(C)C)NCc1cc(Br)cs1. The molecule has 0 fully saturated rings. The molecule has 1 unspecified atom stereocenters. The van der Waals surface area contributed by atoms with Crippen molar-refractivity contribution >= 4 is 27.3 Å². The van der Waals surface area contributed by atoms with Crippen LogP contribution >= 0.6 is 27.3 Å². The van der Waals surface area contributed by atoms with Gasteiger partial charge in [0.1, 0.15) is 0 Å². The molecule has 1 heterocycles. The summed E-state index contributed by atoms with van der Waals surface area (Å²) in [5.74, 6) is 0.658. The summed E-state index contributed by atoms with van der Waals surface area (Å²) in [4.78, 5) is 3.62. The number of hydrogen-bond acceptors (Lipinski definition) is 3. The zero-order valence-electron chi connectivity index (χ0n) is 10.5. The number of halogens is 1. The zero-order valence-corrected chi connectivity index (χ0v) is 12.9. The fraction of sp³-hybridized carbons (Fsp3) is 0.667.